The standard InChI is InChI=1S/C13H24ClNO/c1-4-13(7-5-6-8-13)12(16)15-11(3)10(2)9-14/h10-11H,4-9H2,1-3H3,(H,15,16). The highest BCUT2D eigenvalue weighted by molar-refractivity contribution is 6.18. The van der Waals surface area contributed by atoms with Crippen LogP contribution in [0, 0.1) is 11.3 Å². The molecule has 1 fully saturated rings. The van der Waals surface area contributed by atoms with E-state index >= 15 is 0 Å². The number of halogens is 1. The fourth-order valence-electron chi connectivity index (χ4n) is 2.43. The van der Waals surface area contributed by atoms with Crippen molar-refractivity contribution >= 4 is 17.5 Å². The highest BCUT2D eigenvalue weighted by Crippen LogP contribution is 2.41. The van der Waals surface area contributed by atoms with E-state index in [-0.39, 0.29) is 17.4 Å². The molecule has 16 heavy (non-hydrogen) atoms. The zero-order valence-electron chi connectivity index (χ0n) is 10.7. The molecule has 0 aliphatic heterocycles. The van der Waals surface area contributed by atoms with Gasteiger partial charge in [-0.2, -0.15) is 0 Å². The summed E-state index contributed by atoms with van der Waals surface area (Å²) in [5, 5.41) is 3.14. The molecule has 1 aliphatic carbocycles. The predicted octanol–water partition coefficient (Wildman–Crippen LogP) is 3.34. The van der Waals surface area contributed by atoms with Crippen LogP contribution in [0.25, 0.3) is 0 Å². The van der Waals surface area contributed by atoms with Gasteiger partial charge in [-0.1, -0.05) is 26.7 Å². The summed E-state index contributed by atoms with van der Waals surface area (Å²) in [7, 11) is 0. The summed E-state index contributed by atoms with van der Waals surface area (Å²) < 4.78 is 0. The van der Waals surface area contributed by atoms with Gasteiger partial charge >= 0.3 is 0 Å². The van der Waals surface area contributed by atoms with Gasteiger partial charge in [0.05, 0.1) is 0 Å². The summed E-state index contributed by atoms with van der Waals surface area (Å²) in [6.45, 7) is 6.25. The molecule has 1 N–H and O–H groups in total. The maximum Gasteiger partial charge on any atom is 0.226 e. The smallest absolute Gasteiger partial charge is 0.226 e. The lowest BCUT2D eigenvalue weighted by Gasteiger charge is -2.29. The summed E-state index contributed by atoms with van der Waals surface area (Å²) >= 11 is 5.81. The van der Waals surface area contributed by atoms with Crippen LogP contribution in [0.5, 0.6) is 0 Å². The van der Waals surface area contributed by atoms with E-state index < -0.39 is 0 Å². The molecule has 0 radical (unpaired) electrons. The number of amides is 1. The zero-order chi connectivity index (χ0) is 12.2. The lowest BCUT2D eigenvalue weighted by Crippen LogP contribution is -2.45. The number of carbonyl (C=O) groups is 1. The van der Waals surface area contributed by atoms with Crippen LogP contribution < -0.4 is 5.32 Å². The average molecular weight is 246 g/mol. The molecular formula is C13H24ClNO. The normalized spacial score (nSPS) is 22.8. The van der Waals surface area contributed by atoms with Crippen molar-refractivity contribution in [3.8, 4) is 0 Å². The highest BCUT2D eigenvalue weighted by Gasteiger charge is 2.39. The van der Waals surface area contributed by atoms with Crippen LogP contribution in [0.2, 0.25) is 0 Å². The van der Waals surface area contributed by atoms with Gasteiger partial charge in [0.25, 0.3) is 0 Å². The molecule has 3 heteroatoms. The van der Waals surface area contributed by atoms with Crippen LogP contribution in [0.3, 0.4) is 0 Å². The van der Waals surface area contributed by atoms with E-state index in [1.165, 1.54) is 12.8 Å². The number of hydrogen-bond donors (Lipinski definition) is 1. The molecule has 0 spiro atoms. The first kappa shape index (κ1) is 13.8. The number of hydrogen-bond acceptors (Lipinski definition) is 1. The van der Waals surface area contributed by atoms with E-state index in [0.29, 0.717) is 11.8 Å². The molecule has 0 bridgehead atoms. The van der Waals surface area contributed by atoms with Crippen molar-refractivity contribution in [3.63, 3.8) is 0 Å². The summed E-state index contributed by atoms with van der Waals surface area (Å²) in [4.78, 5) is 12.3. The van der Waals surface area contributed by atoms with Crippen LogP contribution in [0.4, 0.5) is 0 Å². The van der Waals surface area contributed by atoms with Crippen molar-refractivity contribution in [1.29, 1.82) is 0 Å². The largest absolute Gasteiger partial charge is 0.353 e. The van der Waals surface area contributed by atoms with Gasteiger partial charge < -0.3 is 5.32 Å². The minimum atomic E-state index is -0.0830. The van der Waals surface area contributed by atoms with Gasteiger partial charge in [0.2, 0.25) is 5.91 Å². The Morgan fingerprint density at radius 3 is 2.38 bits per heavy atom. The molecule has 2 nitrogen and oxygen atoms in total. The second-order valence-electron chi connectivity index (χ2n) is 5.23. The van der Waals surface area contributed by atoms with E-state index in [0.717, 1.165) is 19.3 Å². The Morgan fingerprint density at radius 1 is 1.38 bits per heavy atom. The first-order valence-electron chi connectivity index (χ1n) is 6.42. The van der Waals surface area contributed by atoms with Gasteiger partial charge in [-0.3, -0.25) is 4.79 Å². The minimum absolute atomic E-state index is 0.0830. The maximum atomic E-state index is 12.3. The second kappa shape index (κ2) is 5.90. The summed E-state index contributed by atoms with van der Waals surface area (Å²) in [6, 6.07) is 0.175. The Labute approximate surface area is 104 Å². The Morgan fingerprint density at radius 2 is 1.94 bits per heavy atom. The molecule has 0 saturated heterocycles. The van der Waals surface area contributed by atoms with Crippen LogP contribution in [-0.2, 0) is 4.79 Å². The molecule has 0 aromatic rings. The Kier molecular flexibility index (Phi) is 5.10. The first-order chi connectivity index (χ1) is 7.55. The van der Waals surface area contributed by atoms with E-state index in [1.54, 1.807) is 0 Å². The summed E-state index contributed by atoms with van der Waals surface area (Å²) in [6.07, 6.45) is 5.46. The lowest BCUT2D eigenvalue weighted by molar-refractivity contribution is -0.132. The third-order valence-corrected chi connectivity index (χ3v) is 4.66. The van der Waals surface area contributed by atoms with Crippen molar-refractivity contribution in [2.24, 2.45) is 11.3 Å². The van der Waals surface area contributed by atoms with Gasteiger partial charge in [-0.25, -0.2) is 0 Å². The molecule has 2 atom stereocenters. The van der Waals surface area contributed by atoms with Crippen molar-refractivity contribution in [2.75, 3.05) is 5.88 Å². The minimum Gasteiger partial charge on any atom is -0.353 e. The van der Waals surface area contributed by atoms with E-state index in [2.05, 4.69) is 19.2 Å². The summed E-state index contributed by atoms with van der Waals surface area (Å²) in [5.41, 5.74) is -0.0830. The molecule has 0 aromatic heterocycles. The van der Waals surface area contributed by atoms with Crippen molar-refractivity contribution in [1.82, 2.24) is 5.32 Å². The van der Waals surface area contributed by atoms with Crippen molar-refractivity contribution in [3.05, 3.63) is 0 Å². The zero-order valence-corrected chi connectivity index (χ0v) is 11.4. The van der Waals surface area contributed by atoms with E-state index in [9.17, 15) is 4.79 Å². The Bertz CT molecular complexity index is 236. The van der Waals surface area contributed by atoms with Crippen molar-refractivity contribution in [2.45, 2.75) is 58.9 Å². The Balaban J connectivity index is 2.56. The molecular weight excluding hydrogens is 222 g/mol. The molecule has 94 valence electrons. The van der Waals surface area contributed by atoms with Gasteiger partial charge in [-0.15, -0.1) is 11.6 Å². The van der Waals surface area contributed by atoms with E-state index in [1.807, 2.05) is 6.92 Å². The van der Waals surface area contributed by atoms with Gasteiger partial charge in [0, 0.05) is 17.3 Å². The molecule has 1 aliphatic rings. The van der Waals surface area contributed by atoms with Crippen molar-refractivity contribution < 1.29 is 4.79 Å². The quantitative estimate of drug-likeness (QED) is 0.740. The fourth-order valence-corrected chi connectivity index (χ4v) is 2.70. The van der Waals surface area contributed by atoms with Crippen LogP contribution in [0.15, 0.2) is 0 Å². The molecule has 1 saturated carbocycles. The maximum absolute atomic E-state index is 12.3. The summed E-state index contributed by atoms with van der Waals surface area (Å²) in [5.74, 6) is 1.18. The number of carbonyl (C=O) groups excluding carboxylic acids is 1. The number of nitrogens with one attached hydrogen (secondary N) is 1. The highest BCUT2D eigenvalue weighted by atomic mass is 35.5. The Hall–Kier alpha value is -0.240. The van der Waals surface area contributed by atoms with E-state index in [4.69, 9.17) is 11.6 Å². The third kappa shape index (κ3) is 2.91. The van der Waals surface area contributed by atoms with Crippen LogP contribution in [0.1, 0.15) is 52.9 Å². The lowest BCUT2D eigenvalue weighted by atomic mass is 9.82. The van der Waals surface area contributed by atoms with Crippen LogP contribution in [-0.4, -0.2) is 17.8 Å². The molecule has 1 amide bonds. The molecule has 2 unspecified atom stereocenters. The second-order valence-corrected chi connectivity index (χ2v) is 5.54. The molecule has 0 aromatic carbocycles. The number of alkyl halides is 1. The van der Waals surface area contributed by atoms with Gasteiger partial charge in [0.15, 0.2) is 0 Å². The van der Waals surface area contributed by atoms with Gasteiger partial charge in [-0.05, 0) is 32.1 Å². The van der Waals surface area contributed by atoms with Crippen LogP contribution >= 0.6 is 11.6 Å². The molecule has 1 rings (SSSR count). The predicted molar refractivity (Wildman–Crippen MR) is 68.7 cm³/mol. The first-order valence-corrected chi connectivity index (χ1v) is 6.96. The fraction of sp³-hybridized carbons (Fsp3) is 0.923. The van der Waals surface area contributed by atoms with Gasteiger partial charge in [0.1, 0.15) is 0 Å². The monoisotopic (exact) mass is 245 g/mol. The SMILES string of the molecule is CCC1(C(=O)NC(C)C(C)CCl)CCCC1. The molecule has 0 heterocycles. The number of rotatable bonds is 5. The third-order valence-electron chi connectivity index (χ3n) is 4.17. The topological polar surface area (TPSA) is 29.1 Å². The average Bonchev–Trinajstić information content (AvgIpc) is 2.77.